The molecule has 1 aliphatic carbocycles. The van der Waals surface area contributed by atoms with Crippen LogP contribution in [0.5, 0.6) is 0 Å². The van der Waals surface area contributed by atoms with Gasteiger partial charge in [0.15, 0.2) is 0 Å². The summed E-state index contributed by atoms with van der Waals surface area (Å²) in [7, 11) is 0. The molecule has 1 aliphatic heterocycles. The summed E-state index contributed by atoms with van der Waals surface area (Å²) in [5.74, 6) is 0.758. The quantitative estimate of drug-likeness (QED) is 0.726. The van der Waals surface area contributed by atoms with E-state index < -0.39 is 0 Å². The van der Waals surface area contributed by atoms with Crippen molar-refractivity contribution < 1.29 is 9.59 Å². The molecule has 1 N–H and O–H groups in total. The van der Waals surface area contributed by atoms with Crippen LogP contribution in [0.15, 0.2) is 35.4 Å². The molecule has 0 atom stereocenters. The summed E-state index contributed by atoms with van der Waals surface area (Å²) >= 11 is 0. The van der Waals surface area contributed by atoms with Gasteiger partial charge >= 0.3 is 0 Å². The summed E-state index contributed by atoms with van der Waals surface area (Å²) in [6.07, 6.45) is 8.92. The smallest absolute Gasteiger partial charge is 0.243 e. The molecule has 0 unspecified atom stereocenters. The number of benzene rings is 1. The van der Waals surface area contributed by atoms with Gasteiger partial charge in [-0.25, -0.2) is 5.01 Å². The normalized spacial score (nSPS) is 17.4. The van der Waals surface area contributed by atoms with Crippen LogP contribution in [0.25, 0.3) is 0 Å². The third kappa shape index (κ3) is 5.41. The van der Waals surface area contributed by atoms with E-state index in [1.807, 2.05) is 30.3 Å². The van der Waals surface area contributed by atoms with Crippen LogP contribution in [0.2, 0.25) is 0 Å². The molecule has 0 aromatic heterocycles. The van der Waals surface area contributed by atoms with Crippen molar-refractivity contribution in [2.75, 3.05) is 13.1 Å². The Balaban J connectivity index is 1.33. The van der Waals surface area contributed by atoms with Crippen LogP contribution in [0.1, 0.15) is 63.4 Å². The first-order valence-corrected chi connectivity index (χ1v) is 9.92. The lowest BCUT2D eigenvalue weighted by Crippen LogP contribution is -2.28. The number of rotatable bonds is 8. The van der Waals surface area contributed by atoms with Gasteiger partial charge in [0.2, 0.25) is 11.8 Å². The van der Waals surface area contributed by atoms with E-state index in [9.17, 15) is 9.59 Å². The molecule has 0 saturated heterocycles. The number of nitrogens with one attached hydrogen (secondary N) is 1. The number of hydrazone groups is 1. The van der Waals surface area contributed by atoms with Gasteiger partial charge in [-0.1, -0.05) is 56.0 Å². The molecule has 1 heterocycles. The third-order valence-electron chi connectivity index (χ3n) is 5.35. The lowest BCUT2D eigenvalue weighted by molar-refractivity contribution is -0.133. The van der Waals surface area contributed by atoms with E-state index in [-0.39, 0.29) is 24.7 Å². The van der Waals surface area contributed by atoms with E-state index in [4.69, 9.17) is 0 Å². The molecule has 5 heteroatoms. The second-order valence-electron chi connectivity index (χ2n) is 7.32. The van der Waals surface area contributed by atoms with Crippen LogP contribution in [0.4, 0.5) is 0 Å². The minimum atomic E-state index is -0.0722. The zero-order valence-corrected chi connectivity index (χ0v) is 15.5. The lowest BCUT2D eigenvalue weighted by Gasteiger charge is -2.12. The van der Waals surface area contributed by atoms with E-state index in [0.29, 0.717) is 6.54 Å². The molecule has 0 radical (unpaired) electrons. The summed E-state index contributed by atoms with van der Waals surface area (Å²) in [4.78, 5) is 24.2. The van der Waals surface area contributed by atoms with Gasteiger partial charge in [-0.05, 0) is 24.3 Å². The van der Waals surface area contributed by atoms with Crippen molar-refractivity contribution in [2.24, 2.45) is 11.0 Å². The molecule has 0 bridgehead atoms. The number of amides is 2. The molecule has 2 aliphatic rings. The van der Waals surface area contributed by atoms with Crippen LogP contribution in [0.3, 0.4) is 0 Å². The summed E-state index contributed by atoms with van der Waals surface area (Å²) in [6, 6.07) is 9.92. The average Bonchev–Trinajstić information content (AvgIpc) is 3.36. The van der Waals surface area contributed by atoms with E-state index in [1.54, 1.807) is 0 Å². The second-order valence-corrected chi connectivity index (χ2v) is 7.32. The summed E-state index contributed by atoms with van der Waals surface area (Å²) < 4.78 is 0. The predicted molar refractivity (Wildman–Crippen MR) is 103 cm³/mol. The van der Waals surface area contributed by atoms with Gasteiger partial charge in [-0.15, -0.1) is 0 Å². The Hall–Kier alpha value is -2.17. The summed E-state index contributed by atoms with van der Waals surface area (Å²) in [6.45, 7) is 1.33. The topological polar surface area (TPSA) is 61.8 Å². The van der Waals surface area contributed by atoms with Crippen LogP contribution in [0, 0.1) is 5.92 Å². The first kappa shape index (κ1) is 18.6. The monoisotopic (exact) mass is 355 g/mol. The molecule has 1 saturated carbocycles. The highest BCUT2D eigenvalue weighted by molar-refractivity contribution is 6.02. The zero-order chi connectivity index (χ0) is 18.2. The van der Waals surface area contributed by atoms with E-state index in [1.165, 1.54) is 37.1 Å². The Morgan fingerprint density at radius 3 is 2.65 bits per heavy atom. The van der Waals surface area contributed by atoms with Crippen molar-refractivity contribution in [1.29, 1.82) is 0 Å². The molecule has 140 valence electrons. The number of hydrogen-bond donors (Lipinski definition) is 1. The van der Waals surface area contributed by atoms with Gasteiger partial charge in [0.05, 0.1) is 12.3 Å². The highest BCUT2D eigenvalue weighted by Gasteiger charge is 2.21. The highest BCUT2D eigenvalue weighted by atomic mass is 16.2. The van der Waals surface area contributed by atoms with Crippen molar-refractivity contribution in [3.05, 3.63) is 35.9 Å². The van der Waals surface area contributed by atoms with E-state index in [2.05, 4.69) is 10.4 Å². The van der Waals surface area contributed by atoms with Crippen molar-refractivity contribution >= 4 is 17.5 Å². The fourth-order valence-corrected chi connectivity index (χ4v) is 3.83. The van der Waals surface area contributed by atoms with E-state index in [0.717, 1.165) is 36.6 Å². The van der Waals surface area contributed by atoms with Crippen molar-refractivity contribution in [2.45, 2.75) is 57.8 Å². The van der Waals surface area contributed by atoms with Crippen molar-refractivity contribution in [1.82, 2.24) is 10.3 Å². The Morgan fingerprint density at radius 2 is 1.88 bits per heavy atom. The lowest BCUT2D eigenvalue weighted by atomic mass is 10.0. The first-order valence-electron chi connectivity index (χ1n) is 9.92. The SMILES string of the molecule is O=C(CCC(=O)N1CCC(c2ccccc2)=N1)NCCCC1CCCC1. The van der Waals surface area contributed by atoms with Gasteiger partial charge in [-0.2, -0.15) is 5.10 Å². The molecule has 1 aromatic carbocycles. The van der Waals surface area contributed by atoms with Gasteiger partial charge < -0.3 is 5.32 Å². The molecule has 26 heavy (non-hydrogen) atoms. The average molecular weight is 355 g/mol. The van der Waals surface area contributed by atoms with Crippen LogP contribution < -0.4 is 5.32 Å². The molecule has 3 rings (SSSR count). The zero-order valence-electron chi connectivity index (χ0n) is 15.5. The molecule has 1 aromatic rings. The maximum absolute atomic E-state index is 12.3. The number of carbonyl (C=O) groups is 2. The van der Waals surface area contributed by atoms with Crippen LogP contribution in [-0.2, 0) is 9.59 Å². The highest BCUT2D eigenvalue weighted by Crippen LogP contribution is 2.28. The second kappa shape index (κ2) is 9.51. The molecular formula is C21H29N3O2. The van der Waals surface area contributed by atoms with Gasteiger partial charge in [0.1, 0.15) is 0 Å². The van der Waals surface area contributed by atoms with Gasteiger partial charge in [0.25, 0.3) is 0 Å². The molecular weight excluding hydrogens is 326 g/mol. The van der Waals surface area contributed by atoms with Gasteiger partial charge in [-0.3, -0.25) is 9.59 Å². The first-order chi connectivity index (χ1) is 12.7. The Labute approximate surface area is 155 Å². The maximum Gasteiger partial charge on any atom is 0.243 e. The minimum absolute atomic E-state index is 0.0313. The minimum Gasteiger partial charge on any atom is -0.356 e. The fourth-order valence-electron chi connectivity index (χ4n) is 3.83. The molecule has 0 spiro atoms. The number of carbonyl (C=O) groups excluding carboxylic acids is 2. The Morgan fingerprint density at radius 1 is 1.12 bits per heavy atom. The molecule has 5 nitrogen and oxygen atoms in total. The van der Waals surface area contributed by atoms with Gasteiger partial charge in [0, 0.05) is 25.8 Å². The number of hydrogen-bond acceptors (Lipinski definition) is 3. The standard InChI is InChI=1S/C21H29N3O2/c25-20(22-15-6-9-17-7-4-5-8-17)12-13-21(26)24-16-14-19(23-24)18-10-2-1-3-11-18/h1-3,10-11,17H,4-9,12-16H2,(H,22,25). The van der Waals surface area contributed by atoms with E-state index >= 15 is 0 Å². The Bertz CT molecular complexity index is 636. The van der Waals surface area contributed by atoms with Crippen LogP contribution in [-0.4, -0.2) is 35.6 Å². The third-order valence-corrected chi connectivity index (χ3v) is 5.35. The largest absolute Gasteiger partial charge is 0.356 e. The van der Waals surface area contributed by atoms with Crippen molar-refractivity contribution in [3.63, 3.8) is 0 Å². The summed E-state index contributed by atoms with van der Waals surface area (Å²) in [5.41, 5.74) is 2.00. The Kier molecular flexibility index (Phi) is 6.81. The summed E-state index contributed by atoms with van der Waals surface area (Å²) in [5, 5.41) is 8.88. The molecule has 2 amide bonds. The predicted octanol–water partition coefficient (Wildman–Crippen LogP) is 3.49. The maximum atomic E-state index is 12.3. The molecule has 1 fully saturated rings. The van der Waals surface area contributed by atoms with Crippen molar-refractivity contribution in [3.8, 4) is 0 Å². The fraction of sp³-hybridized carbons (Fsp3) is 0.571. The van der Waals surface area contributed by atoms with Crippen LogP contribution >= 0.6 is 0 Å². The number of nitrogens with zero attached hydrogens (tertiary/aromatic N) is 2.